The lowest BCUT2D eigenvalue weighted by Crippen LogP contribution is -2.46. The minimum atomic E-state index is -5.05. The maximum Gasteiger partial charge on any atom is 0.471 e. The predicted octanol–water partition coefficient (Wildman–Crippen LogP) is 10.1. The van der Waals surface area contributed by atoms with E-state index in [1.807, 2.05) is 117 Å². The zero-order chi connectivity index (χ0) is 83.3. The number of hydroxylamine groups is 3. The minimum absolute atomic E-state index is 0.00805. The SMILES string of the molecule is CCc1cc(COc2ccc(C[C@]3(C(=O)N4CC[C@@H](N)C4)C[C@@H]3C(=O)NO)cc2F)c2ccccc2n1.CCc1cc(COc2ccc(C[C@]3(C(=O)N4CC[C@@H](NC(=O)C(F)(F)F)C4)C[C@@H]3C(=O)NO)cc2F)c2ccccc2n1.CCc1cc(COc2ccc(C[C@]3(C(=O)N4CC[C@H](O)C4)C[C@@H]3C(=O)NO)cc2F)c2ccccc2n1. The summed E-state index contributed by atoms with van der Waals surface area (Å²) in [5.41, 5.74) is 16.9. The van der Waals surface area contributed by atoms with Gasteiger partial charge in [0.15, 0.2) is 34.7 Å². The summed E-state index contributed by atoms with van der Waals surface area (Å²) in [6.07, 6.45) is -1.22. The molecule has 616 valence electrons. The molecule has 3 aliphatic carbocycles. The van der Waals surface area contributed by atoms with Crippen LogP contribution in [0, 0.1) is 51.5 Å². The fraction of sp³-hybridized carbons (Fsp3) is 0.395. The van der Waals surface area contributed by atoms with E-state index in [1.165, 1.54) is 35.2 Å². The number of benzene rings is 6. The molecule has 25 nitrogen and oxygen atoms in total. The predicted molar refractivity (Wildman–Crippen MR) is 414 cm³/mol. The van der Waals surface area contributed by atoms with E-state index >= 15 is 13.2 Å². The monoisotopic (exact) mass is 1620 g/mol. The Morgan fingerprint density at radius 1 is 0.470 bits per heavy atom. The second kappa shape index (κ2) is 35.2. The Morgan fingerprint density at radius 3 is 1.11 bits per heavy atom. The number of aromatic nitrogens is 3. The molecule has 31 heteroatoms. The number of nitrogens with zero attached hydrogens (tertiary/aromatic N) is 6. The van der Waals surface area contributed by atoms with Gasteiger partial charge in [-0.2, -0.15) is 13.2 Å². The average Bonchev–Trinajstić information content (AvgIpc) is 1.57. The molecule has 3 aliphatic heterocycles. The highest BCUT2D eigenvalue weighted by Gasteiger charge is 2.67. The Balaban J connectivity index is 0.000000153. The molecule has 15 rings (SSSR count). The number of β-amino-alcohol motifs (C(OH)–C–C–N with tert-alkyl or cyclic N) is 1. The second-order valence-electron chi connectivity index (χ2n) is 31.0. The van der Waals surface area contributed by atoms with E-state index in [2.05, 4.69) is 15.0 Å². The number of para-hydroxylation sites is 3. The third-order valence-electron chi connectivity index (χ3n) is 23.2. The first kappa shape index (κ1) is 83.6. The number of halogens is 6. The highest BCUT2D eigenvalue weighted by atomic mass is 19.4. The number of carbonyl (C=O) groups excluding carboxylic acids is 7. The number of aliphatic hydroxyl groups excluding tert-OH is 1. The molecule has 0 unspecified atom stereocenters. The number of hydrogen-bond acceptors (Lipinski definition) is 18. The number of pyridine rings is 3. The number of likely N-dealkylation sites (tertiary alicyclic amines) is 3. The van der Waals surface area contributed by atoms with E-state index in [0.717, 1.165) is 85.7 Å². The number of nitrogens with two attached hydrogens (primary N) is 1. The zero-order valence-corrected chi connectivity index (χ0v) is 64.6. The normalized spacial score (nSPS) is 22.3. The van der Waals surface area contributed by atoms with E-state index in [1.54, 1.807) is 50.5 Å². The molecule has 3 saturated heterocycles. The van der Waals surface area contributed by atoms with Crippen molar-refractivity contribution in [3.05, 3.63) is 214 Å². The topological polar surface area (TPSA) is 351 Å². The summed E-state index contributed by atoms with van der Waals surface area (Å²) in [5.74, 6) is -8.95. The Morgan fingerprint density at radius 2 is 0.803 bits per heavy atom. The molecule has 0 radical (unpaired) electrons. The van der Waals surface area contributed by atoms with Gasteiger partial charge in [0.25, 0.3) is 0 Å². The van der Waals surface area contributed by atoms with Gasteiger partial charge in [-0.05, 0) is 167 Å². The number of nitrogens with one attached hydrogen (secondary N) is 4. The highest BCUT2D eigenvalue weighted by Crippen LogP contribution is 2.59. The lowest BCUT2D eigenvalue weighted by molar-refractivity contribution is -0.174. The van der Waals surface area contributed by atoms with Crippen LogP contribution in [0.15, 0.2) is 146 Å². The van der Waals surface area contributed by atoms with Crippen LogP contribution in [0.5, 0.6) is 17.2 Å². The molecule has 10 N–H and O–H groups in total. The van der Waals surface area contributed by atoms with Crippen LogP contribution in [0.25, 0.3) is 32.7 Å². The van der Waals surface area contributed by atoms with Crippen LogP contribution < -0.4 is 41.7 Å². The minimum Gasteiger partial charge on any atom is -0.486 e. The molecular weight excluding hydrogens is 1520 g/mol. The first-order valence-corrected chi connectivity index (χ1v) is 39.0. The van der Waals surface area contributed by atoms with Crippen molar-refractivity contribution in [3.63, 3.8) is 0 Å². The van der Waals surface area contributed by atoms with Crippen molar-refractivity contribution >= 4 is 74.1 Å². The number of aliphatic hydroxyl groups is 1. The molecule has 6 aliphatic rings. The van der Waals surface area contributed by atoms with Crippen molar-refractivity contribution in [3.8, 4) is 17.2 Å². The van der Waals surface area contributed by atoms with Crippen molar-refractivity contribution in [2.75, 3.05) is 39.3 Å². The third-order valence-corrected chi connectivity index (χ3v) is 23.2. The molecule has 3 aromatic heterocycles. The van der Waals surface area contributed by atoms with Gasteiger partial charge in [-0.1, -0.05) is 93.6 Å². The molecule has 0 bridgehead atoms. The smallest absolute Gasteiger partial charge is 0.471 e. The molecular formula is C86H91F6N11O14. The number of amides is 7. The summed E-state index contributed by atoms with van der Waals surface area (Å²) < 4.78 is 101. The van der Waals surface area contributed by atoms with Crippen molar-refractivity contribution < 1.29 is 94.8 Å². The molecule has 9 atom stereocenters. The fourth-order valence-electron chi connectivity index (χ4n) is 16.6. The maximum absolute atomic E-state index is 15.2. The Hall–Kier alpha value is -11.4. The van der Waals surface area contributed by atoms with Gasteiger partial charge in [-0.3, -0.25) is 64.1 Å². The lowest BCUT2D eigenvalue weighted by Gasteiger charge is -2.25. The lowest BCUT2D eigenvalue weighted by atomic mass is 9.91. The van der Waals surface area contributed by atoms with Crippen LogP contribution in [0.1, 0.15) is 110 Å². The van der Waals surface area contributed by atoms with Crippen LogP contribution in [-0.4, -0.2) is 155 Å². The highest BCUT2D eigenvalue weighted by molar-refractivity contribution is 5.98. The molecule has 6 aromatic carbocycles. The Bertz CT molecular complexity index is 5070. The largest absolute Gasteiger partial charge is 0.486 e. The van der Waals surface area contributed by atoms with Gasteiger partial charge >= 0.3 is 12.1 Å². The van der Waals surface area contributed by atoms with Gasteiger partial charge in [0.2, 0.25) is 35.4 Å². The number of aryl methyl sites for hydroxylation is 3. The zero-order valence-electron chi connectivity index (χ0n) is 64.6. The van der Waals surface area contributed by atoms with Gasteiger partial charge in [0, 0.05) is 101 Å². The van der Waals surface area contributed by atoms with Crippen LogP contribution >= 0.6 is 0 Å². The number of rotatable bonds is 25. The fourth-order valence-corrected chi connectivity index (χ4v) is 16.6. The van der Waals surface area contributed by atoms with Gasteiger partial charge < -0.3 is 45.1 Å². The van der Waals surface area contributed by atoms with Gasteiger partial charge in [-0.15, -0.1) is 0 Å². The van der Waals surface area contributed by atoms with Gasteiger partial charge in [0.1, 0.15) is 19.8 Å². The molecule has 6 heterocycles. The van der Waals surface area contributed by atoms with Crippen LogP contribution in [-0.2, 0) is 91.9 Å². The van der Waals surface area contributed by atoms with E-state index < -0.39 is 99.3 Å². The van der Waals surface area contributed by atoms with Crippen LogP contribution in [0.2, 0.25) is 0 Å². The summed E-state index contributed by atoms with van der Waals surface area (Å²) in [5, 5.41) is 42.0. The number of ether oxygens (including phenoxy) is 3. The first-order valence-electron chi connectivity index (χ1n) is 39.0. The van der Waals surface area contributed by atoms with Gasteiger partial charge in [0.05, 0.1) is 56.7 Å². The summed E-state index contributed by atoms with van der Waals surface area (Å²) in [7, 11) is 0. The molecule has 9 aromatic rings. The van der Waals surface area contributed by atoms with E-state index in [9.17, 15) is 57.0 Å². The Kier molecular flexibility index (Phi) is 25.1. The number of hydrogen-bond donors (Lipinski definition) is 9. The van der Waals surface area contributed by atoms with Crippen molar-refractivity contribution in [2.45, 2.75) is 142 Å². The molecule has 7 amide bonds. The van der Waals surface area contributed by atoms with E-state index in [0.29, 0.717) is 55.6 Å². The van der Waals surface area contributed by atoms with Crippen molar-refractivity contribution in [1.29, 1.82) is 0 Å². The standard InChI is InChI=1S/C30H30F4N4O5.C28H31FN4O4.C28H30FN3O5/c1-2-19-12-18(21-5-3-4-6-24(21)35-19)16-43-25-8-7-17(11-23(25)31)13-29(14-22(29)26(39)37-42)28(41)38-10-9-20(15-38)36-27(40)30(32,33)34;1-2-20-12-18(21-5-3-4-6-24(21)31-20)16-37-25-8-7-17(11-23(25)29)13-28(14-22(28)26(34)32-36)27(35)33-10-9-19(30)15-33;1-2-19-12-18(21-5-3-4-6-24(21)30-19)16-37-25-8-7-17(11-23(25)29)13-28(14-22(28)26(34)31-36)27(35)32-10-9-20(33)15-32/h3-8,11-12,20,22,42H,2,9-10,13-16H2,1H3,(H,36,40)(H,37,39);3-8,11-12,19,22,36H,2,9-10,13-16,30H2,1H3,(H,32,34);3-8,11-12,20,22,33,36H,2,9-10,13-16H2,1H3,(H,31,34)/t20-,22-,29+;19-,22-,28+;20-,22+,28-/m110/s1. The molecule has 0 spiro atoms. The Labute approximate surface area is 669 Å². The summed E-state index contributed by atoms with van der Waals surface area (Å²) in [4.78, 5) is 107. The second-order valence-corrected chi connectivity index (χ2v) is 31.0. The summed E-state index contributed by atoms with van der Waals surface area (Å²) in [6, 6.07) is 41.4. The first-order chi connectivity index (χ1) is 56.1. The number of fused-ring (bicyclic) bond motifs is 3. The molecule has 117 heavy (non-hydrogen) atoms. The molecule has 3 saturated carbocycles. The molecule has 6 fully saturated rings. The quantitative estimate of drug-likeness (QED) is 0.0146. The van der Waals surface area contributed by atoms with E-state index in [4.69, 9.17) is 30.4 Å². The number of carbonyl (C=O) groups is 7. The van der Waals surface area contributed by atoms with Crippen LogP contribution in [0.3, 0.4) is 0 Å². The number of alkyl halides is 3. The van der Waals surface area contributed by atoms with Crippen molar-refractivity contribution in [1.82, 2.24) is 51.4 Å². The maximum atomic E-state index is 15.2. The third kappa shape index (κ3) is 18.4. The average molecular weight is 1620 g/mol. The van der Waals surface area contributed by atoms with Gasteiger partial charge in [-0.25, -0.2) is 29.6 Å². The summed E-state index contributed by atoms with van der Waals surface area (Å²) >= 11 is 0. The van der Waals surface area contributed by atoms with Crippen molar-refractivity contribution in [2.24, 2.45) is 39.7 Å². The summed E-state index contributed by atoms with van der Waals surface area (Å²) in [6.45, 7) is 7.96. The van der Waals surface area contributed by atoms with E-state index in [-0.39, 0.29) is 113 Å². The van der Waals surface area contributed by atoms with Crippen LogP contribution in [0.4, 0.5) is 26.3 Å².